The third-order valence-electron chi connectivity index (χ3n) is 2.79. The molecule has 1 rings (SSSR count). The molecule has 0 aliphatic heterocycles. The van der Waals surface area contributed by atoms with E-state index in [-0.39, 0.29) is 6.04 Å². The van der Waals surface area contributed by atoms with Crippen molar-refractivity contribution in [1.29, 1.82) is 0 Å². The van der Waals surface area contributed by atoms with Crippen LogP contribution in [0.4, 0.5) is 0 Å². The standard InChI is InChI=1S/C12H24N4O2/c1-4-7-16-12(11(17-3)9-14-16)10(15-13)6-8-18-5-2/h9-10,15H,4-8,13H2,1-3H3. The summed E-state index contributed by atoms with van der Waals surface area (Å²) in [5, 5.41) is 4.33. The Hall–Kier alpha value is -1.11. The highest BCUT2D eigenvalue weighted by Gasteiger charge is 2.20. The fourth-order valence-corrected chi connectivity index (χ4v) is 1.92. The summed E-state index contributed by atoms with van der Waals surface area (Å²) in [4.78, 5) is 0. The summed E-state index contributed by atoms with van der Waals surface area (Å²) in [5.74, 6) is 6.40. The van der Waals surface area contributed by atoms with Gasteiger partial charge < -0.3 is 9.47 Å². The lowest BCUT2D eigenvalue weighted by atomic mass is 10.1. The van der Waals surface area contributed by atoms with Crippen molar-refractivity contribution in [1.82, 2.24) is 15.2 Å². The molecule has 6 nitrogen and oxygen atoms in total. The first kappa shape index (κ1) is 14.9. The molecule has 1 heterocycles. The van der Waals surface area contributed by atoms with E-state index in [0.717, 1.165) is 30.8 Å². The van der Waals surface area contributed by atoms with Crippen molar-refractivity contribution in [3.05, 3.63) is 11.9 Å². The van der Waals surface area contributed by atoms with E-state index in [2.05, 4.69) is 17.4 Å². The predicted molar refractivity (Wildman–Crippen MR) is 70.2 cm³/mol. The van der Waals surface area contributed by atoms with Gasteiger partial charge in [0, 0.05) is 19.8 Å². The molecule has 0 spiro atoms. The van der Waals surface area contributed by atoms with Crippen molar-refractivity contribution in [2.75, 3.05) is 20.3 Å². The van der Waals surface area contributed by atoms with Crippen LogP contribution in [0.2, 0.25) is 0 Å². The van der Waals surface area contributed by atoms with Gasteiger partial charge >= 0.3 is 0 Å². The average molecular weight is 256 g/mol. The Morgan fingerprint density at radius 1 is 1.50 bits per heavy atom. The third kappa shape index (κ3) is 3.69. The molecule has 1 atom stereocenters. The van der Waals surface area contributed by atoms with Gasteiger partial charge in [0.05, 0.1) is 25.0 Å². The summed E-state index contributed by atoms with van der Waals surface area (Å²) in [5.41, 5.74) is 3.80. The Bertz CT molecular complexity index is 341. The first-order valence-electron chi connectivity index (χ1n) is 6.41. The Labute approximate surface area is 108 Å². The Morgan fingerprint density at radius 2 is 2.28 bits per heavy atom. The van der Waals surface area contributed by atoms with E-state index in [1.807, 2.05) is 11.6 Å². The van der Waals surface area contributed by atoms with Gasteiger partial charge in [-0.2, -0.15) is 5.10 Å². The number of hydrogen-bond acceptors (Lipinski definition) is 5. The fraction of sp³-hybridized carbons (Fsp3) is 0.750. The first-order valence-corrected chi connectivity index (χ1v) is 6.41. The lowest BCUT2D eigenvalue weighted by molar-refractivity contribution is 0.135. The molecule has 0 saturated heterocycles. The van der Waals surface area contributed by atoms with Crippen molar-refractivity contribution in [3.8, 4) is 5.75 Å². The molecule has 0 amide bonds. The summed E-state index contributed by atoms with van der Waals surface area (Å²) in [7, 11) is 1.65. The highest BCUT2D eigenvalue weighted by Crippen LogP contribution is 2.26. The third-order valence-corrected chi connectivity index (χ3v) is 2.79. The van der Waals surface area contributed by atoms with Crippen molar-refractivity contribution < 1.29 is 9.47 Å². The van der Waals surface area contributed by atoms with Crippen LogP contribution >= 0.6 is 0 Å². The maximum Gasteiger partial charge on any atom is 0.161 e. The van der Waals surface area contributed by atoms with Crippen LogP contribution in [0.15, 0.2) is 6.20 Å². The Kier molecular flexibility index (Phi) is 6.70. The number of nitrogens with one attached hydrogen (secondary N) is 1. The van der Waals surface area contributed by atoms with E-state index in [9.17, 15) is 0 Å². The number of hydrazine groups is 1. The molecule has 0 aliphatic rings. The molecule has 0 radical (unpaired) electrons. The second-order valence-electron chi connectivity index (χ2n) is 4.03. The van der Waals surface area contributed by atoms with Crippen LogP contribution in [-0.2, 0) is 11.3 Å². The largest absolute Gasteiger partial charge is 0.493 e. The molecule has 3 N–H and O–H groups in total. The quantitative estimate of drug-likeness (QED) is 0.395. The van der Waals surface area contributed by atoms with Crippen LogP contribution in [0, 0.1) is 0 Å². The second-order valence-corrected chi connectivity index (χ2v) is 4.03. The SMILES string of the molecule is CCCn1ncc(OC)c1C(CCOCC)NN. The van der Waals surface area contributed by atoms with Gasteiger partial charge in [-0.05, 0) is 19.8 Å². The second kappa shape index (κ2) is 8.07. The fourth-order valence-electron chi connectivity index (χ4n) is 1.92. The molecule has 0 aliphatic carbocycles. The maximum atomic E-state index is 5.63. The summed E-state index contributed by atoms with van der Waals surface area (Å²) in [6, 6.07) is -0.0134. The van der Waals surface area contributed by atoms with Crippen molar-refractivity contribution in [2.45, 2.75) is 39.3 Å². The van der Waals surface area contributed by atoms with Gasteiger partial charge in [-0.3, -0.25) is 16.0 Å². The Morgan fingerprint density at radius 3 is 2.83 bits per heavy atom. The number of ether oxygens (including phenoxy) is 2. The zero-order valence-electron chi connectivity index (χ0n) is 11.5. The summed E-state index contributed by atoms with van der Waals surface area (Å²) in [6.07, 6.45) is 3.53. The smallest absolute Gasteiger partial charge is 0.161 e. The van der Waals surface area contributed by atoms with Gasteiger partial charge in [-0.1, -0.05) is 6.92 Å². The van der Waals surface area contributed by atoms with Crippen LogP contribution in [-0.4, -0.2) is 30.1 Å². The minimum atomic E-state index is -0.0134. The van der Waals surface area contributed by atoms with Gasteiger partial charge in [0.2, 0.25) is 0 Å². The van der Waals surface area contributed by atoms with Crippen LogP contribution < -0.4 is 16.0 Å². The van der Waals surface area contributed by atoms with Crippen LogP contribution in [0.5, 0.6) is 5.75 Å². The highest BCUT2D eigenvalue weighted by atomic mass is 16.5. The van der Waals surface area contributed by atoms with E-state index in [1.54, 1.807) is 13.3 Å². The number of nitrogens with zero attached hydrogens (tertiary/aromatic N) is 2. The first-order chi connectivity index (χ1) is 8.78. The van der Waals surface area contributed by atoms with Crippen LogP contribution in [0.25, 0.3) is 0 Å². The number of aromatic nitrogens is 2. The zero-order valence-corrected chi connectivity index (χ0v) is 11.5. The van der Waals surface area contributed by atoms with Crippen molar-refractivity contribution in [2.24, 2.45) is 5.84 Å². The normalized spacial score (nSPS) is 12.7. The van der Waals surface area contributed by atoms with Gasteiger partial charge in [-0.25, -0.2) is 0 Å². The molecule has 0 aromatic carbocycles. The lowest BCUT2D eigenvalue weighted by Gasteiger charge is -2.18. The van der Waals surface area contributed by atoms with Gasteiger partial charge in [-0.15, -0.1) is 0 Å². The topological polar surface area (TPSA) is 74.3 Å². The Balaban J connectivity index is 2.83. The molecule has 1 aromatic rings. The molecule has 0 fully saturated rings. The lowest BCUT2D eigenvalue weighted by Crippen LogP contribution is -2.31. The zero-order chi connectivity index (χ0) is 13.4. The van der Waals surface area contributed by atoms with E-state index >= 15 is 0 Å². The van der Waals surface area contributed by atoms with E-state index < -0.39 is 0 Å². The molecule has 104 valence electrons. The number of nitrogens with two attached hydrogens (primary N) is 1. The van der Waals surface area contributed by atoms with Crippen molar-refractivity contribution >= 4 is 0 Å². The molecule has 1 aromatic heterocycles. The van der Waals surface area contributed by atoms with E-state index in [1.165, 1.54) is 0 Å². The van der Waals surface area contributed by atoms with Crippen molar-refractivity contribution in [3.63, 3.8) is 0 Å². The number of methoxy groups -OCH3 is 1. The maximum absolute atomic E-state index is 5.63. The van der Waals surface area contributed by atoms with Gasteiger partial charge in [0.25, 0.3) is 0 Å². The molecule has 1 unspecified atom stereocenters. The molecular formula is C12H24N4O2. The number of aryl methyl sites for hydroxylation is 1. The number of rotatable bonds is 9. The average Bonchev–Trinajstić information content (AvgIpc) is 2.78. The van der Waals surface area contributed by atoms with E-state index in [0.29, 0.717) is 13.2 Å². The van der Waals surface area contributed by atoms with Gasteiger partial charge in [0.15, 0.2) is 5.75 Å². The predicted octanol–water partition coefficient (Wildman–Crippen LogP) is 1.23. The molecule has 0 saturated carbocycles. The minimum absolute atomic E-state index is 0.0134. The molecule has 18 heavy (non-hydrogen) atoms. The summed E-state index contributed by atoms with van der Waals surface area (Å²) < 4.78 is 12.7. The monoisotopic (exact) mass is 256 g/mol. The van der Waals surface area contributed by atoms with E-state index in [4.69, 9.17) is 15.3 Å². The minimum Gasteiger partial charge on any atom is -0.493 e. The molecular weight excluding hydrogens is 232 g/mol. The van der Waals surface area contributed by atoms with Gasteiger partial charge in [0.1, 0.15) is 0 Å². The highest BCUT2D eigenvalue weighted by molar-refractivity contribution is 5.28. The summed E-state index contributed by atoms with van der Waals surface area (Å²) in [6.45, 7) is 6.32. The van der Waals surface area contributed by atoms with Crippen LogP contribution in [0.1, 0.15) is 38.4 Å². The molecule has 6 heteroatoms. The number of hydrogen-bond donors (Lipinski definition) is 2. The van der Waals surface area contributed by atoms with Crippen LogP contribution in [0.3, 0.4) is 0 Å². The molecule has 0 bridgehead atoms. The summed E-state index contributed by atoms with van der Waals surface area (Å²) >= 11 is 0.